The lowest BCUT2D eigenvalue weighted by atomic mass is 10.2. The number of nitrogens with one attached hydrogen (secondary N) is 2. The molecular weight excluding hydrogens is 313 g/mol. The Balaban J connectivity index is 2.42. The average molecular weight is 330 g/mol. The van der Waals surface area contributed by atoms with E-state index < -0.39 is 0 Å². The summed E-state index contributed by atoms with van der Waals surface area (Å²) in [7, 11) is 0. The maximum Gasteiger partial charge on any atom is 0.240 e. The predicted molar refractivity (Wildman–Crippen MR) is 85.9 cm³/mol. The number of hydrogen-bond acceptors (Lipinski definition) is 3. The van der Waals surface area contributed by atoms with E-state index in [4.69, 9.17) is 23.2 Å². The summed E-state index contributed by atoms with van der Waals surface area (Å²) < 4.78 is 0. The molecule has 0 spiro atoms. The summed E-state index contributed by atoms with van der Waals surface area (Å²) in [6.45, 7) is 3.75. The molecule has 0 heterocycles. The van der Waals surface area contributed by atoms with E-state index in [9.17, 15) is 9.59 Å². The second-order valence-electron chi connectivity index (χ2n) is 4.41. The molecule has 5 nitrogen and oxygen atoms in total. The van der Waals surface area contributed by atoms with Crippen LogP contribution >= 0.6 is 23.2 Å². The summed E-state index contributed by atoms with van der Waals surface area (Å²) >= 11 is 11.7. The Kier molecular flexibility index (Phi) is 7.19. The van der Waals surface area contributed by atoms with Crippen LogP contribution in [0.1, 0.15) is 33.1 Å². The van der Waals surface area contributed by atoms with Crippen LogP contribution in [0.5, 0.6) is 0 Å². The van der Waals surface area contributed by atoms with E-state index in [0.29, 0.717) is 15.7 Å². The van der Waals surface area contributed by atoms with E-state index in [1.165, 1.54) is 6.07 Å². The number of carbonyl (C=O) groups is 2. The van der Waals surface area contributed by atoms with Crippen LogP contribution < -0.4 is 10.7 Å². The summed E-state index contributed by atoms with van der Waals surface area (Å²) in [4.78, 5) is 23.2. The number of hydrogen-bond donors (Lipinski definition) is 2. The van der Waals surface area contributed by atoms with Crippen LogP contribution in [0.2, 0.25) is 10.0 Å². The van der Waals surface area contributed by atoms with Crippen molar-refractivity contribution in [1.29, 1.82) is 0 Å². The van der Waals surface area contributed by atoms with Gasteiger partial charge in [0, 0.05) is 23.6 Å². The summed E-state index contributed by atoms with van der Waals surface area (Å²) in [6.07, 6.45) is 0.860. The Bertz CT molecular complexity index is 559. The molecule has 0 unspecified atom stereocenters. The molecule has 0 saturated carbocycles. The van der Waals surface area contributed by atoms with Crippen molar-refractivity contribution < 1.29 is 9.59 Å². The van der Waals surface area contributed by atoms with Crippen LogP contribution in [0.15, 0.2) is 23.3 Å². The van der Waals surface area contributed by atoms with Gasteiger partial charge in [-0.15, -0.1) is 0 Å². The smallest absolute Gasteiger partial charge is 0.240 e. The van der Waals surface area contributed by atoms with Crippen LogP contribution in [-0.4, -0.2) is 17.5 Å². The standard InChI is InChI=1S/C14H17Cl2N3O2/c1-3-9(2)18-19-14(21)7-6-13(20)17-12-5-4-10(15)8-11(12)16/h4-5,8H,3,6-7H2,1-2H3,(H,17,20)(H,19,21). The van der Waals surface area contributed by atoms with E-state index in [0.717, 1.165) is 12.1 Å². The number of anilines is 1. The van der Waals surface area contributed by atoms with Gasteiger partial charge in [-0.2, -0.15) is 5.10 Å². The monoisotopic (exact) mass is 329 g/mol. The van der Waals surface area contributed by atoms with Crippen molar-refractivity contribution in [1.82, 2.24) is 5.43 Å². The molecule has 114 valence electrons. The van der Waals surface area contributed by atoms with Gasteiger partial charge in [0.1, 0.15) is 0 Å². The lowest BCUT2D eigenvalue weighted by molar-refractivity contribution is -0.124. The van der Waals surface area contributed by atoms with Crippen molar-refractivity contribution in [3.05, 3.63) is 28.2 Å². The van der Waals surface area contributed by atoms with Gasteiger partial charge in [-0.3, -0.25) is 9.59 Å². The summed E-state index contributed by atoms with van der Waals surface area (Å²) in [5.41, 5.74) is 3.68. The molecule has 1 aromatic rings. The number of nitrogens with zero attached hydrogens (tertiary/aromatic N) is 1. The van der Waals surface area contributed by atoms with Gasteiger partial charge in [-0.25, -0.2) is 5.43 Å². The summed E-state index contributed by atoms with van der Waals surface area (Å²) in [6, 6.07) is 4.77. The molecule has 0 aromatic heterocycles. The molecule has 7 heteroatoms. The Morgan fingerprint density at radius 2 is 1.86 bits per heavy atom. The number of benzene rings is 1. The zero-order chi connectivity index (χ0) is 15.8. The van der Waals surface area contributed by atoms with Gasteiger partial charge >= 0.3 is 0 Å². The fourth-order valence-electron chi connectivity index (χ4n) is 1.32. The number of halogens is 2. The average Bonchev–Trinajstić information content (AvgIpc) is 2.45. The lowest BCUT2D eigenvalue weighted by Crippen LogP contribution is -2.21. The number of rotatable bonds is 6. The van der Waals surface area contributed by atoms with E-state index in [-0.39, 0.29) is 24.7 Å². The first kappa shape index (κ1) is 17.5. The highest BCUT2D eigenvalue weighted by Crippen LogP contribution is 2.25. The Labute approximate surface area is 133 Å². The maximum absolute atomic E-state index is 11.7. The molecule has 0 aliphatic rings. The van der Waals surface area contributed by atoms with Crippen LogP contribution in [0.25, 0.3) is 0 Å². The lowest BCUT2D eigenvalue weighted by Gasteiger charge is -2.07. The molecule has 0 aliphatic heterocycles. The highest BCUT2D eigenvalue weighted by atomic mass is 35.5. The molecule has 0 atom stereocenters. The van der Waals surface area contributed by atoms with Crippen molar-refractivity contribution in [3.63, 3.8) is 0 Å². The Hall–Kier alpha value is -1.59. The first-order valence-electron chi connectivity index (χ1n) is 6.49. The molecule has 2 amide bonds. The van der Waals surface area contributed by atoms with E-state index in [2.05, 4.69) is 15.8 Å². The third kappa shape index (κ3) is 6.60. The third-order valence-corrected chi connectivity index (χ3v) is 3.22. The fourth-order valence-corrected chi connectivity index (χ4v) is 1.78. The second kappa shape index (κ2) is 8.64. The quantitative estimate of drug-likeness (QED) is 0.618. The van der Waals surface area contributed by atoms with Crippen molar-refractivity contribution in [2.45, 2.75) is 33.1 Å². The van der Waals surface area contributed by atoms with Gasteiger partial charge < -0.3 is 5.32 Å². The molecule has 1 aromatic carbocycles. The second-order valence-corrected chi connectivity index (χ2v) is 5.25. The molecule has 21 heavy (non-hydrogen) atoms. The normalized spacial score (nSPS) is 11.1. The summed E-state index contributed by atoms with van der Waals surface area (Å²) in [5, 5.41) is 7.34. The van der Waals surface area contributed by atoms with E-state index in [1.807, 2.05) is 13.8 Å². The SMILES string of the molecule is CCC(C)=NNC(=O)CCC(=O)Nc1ccc(Cl)cc1Cl. The van der Waals surface area contributed by atoms with Crippen molar-refractivity contribution in [2.24, 2.45) is 5.10 Å². The van der Waals surface area contributed by atoms with Crippen LogP contribution in [0.3, 0.4) is 0 Å². The first-order valence-corrected chi connectivity index (χ1v) is 7.25. The Morgan fingerprint density at radius 1 is 1.19 bits per heavy atom. The van der Waals surface area contributed by atoms with Gasteiger partial charge in [-0.1, -0.05) is 30.1 Å². The highest BCUT2D eigenvalue weighted by Gasteiger charge is 2.09. The maximum atomic E-state index is 11.7. The topological polar surface area (TPSA) is 70.6 Å². The minimum Gasteiger partial charge on any atom is -0.325 e. The van der Waals surface area contributed by atoms with Crippen molar-refractivity contribution in [2.75, 3.05) is 5.32 Å². The molecule has 0 saturated heterocycles. The molecule has 0 aliphatic carbocycles. The number of carbonyl (C=O) groups excluding carboxylic acids is 2. The molecule has 0 fully saturated rings. The molecule has 0 bridgehead atoms. The number of amides is 2. The molecule has 0 radical (unpaired) electrons. The largest absolute Gasteiger partial charge is 0.325 e. The predicted octanol–water partition coefficient (Wildman–Crippen LogP) is 3.61. The zero-order valence-corrected chi connectivity index (χ0v) is 13.4. The molecule has 2 N–H and O–H groups in total. The summed E-state index contributed by atoms with van der Waals surface area (Å²) in [5.74, 6) is -0.606. The van der Waals surface area contributed by atoms with Gasteiger partial charge in [0.15, 0.2) is 0 Å². The van der Waals surface area contributed by atoms with E-state index in [1.54, 1.807) is 12.1 Å². The Morgan fingerprint density at radius 3 is 2.48 bits per heavy atom. The first-order chi connectivity index (χ1) is 9.92. The van der Waals surface area contributed by atoms with Gasteiger partial charge in [-0.05, 0) is 31.5 Å². The van der Waals surface area contributed by atoms with Crippen molar-refractivity contribution in [3.8, 4) is 0 Å². The van der Waals surface area contributed by atoms with Crippen LogP contribution in [0.4, 0.5) is 5.69 Å². The highest BCUT2D eigenvalue weighted by molar-refractivity contribution is 6.36. The minimum absolute atomic E-state index is 0.0471. The third-order valence-electron chi connectivity index (χ3n) is 2.67. The van der Waals surface area contributed by atoms with Crippen LogP contribution in [-0.2, 0) is 9.59 Å². The van der Waals surface area contributed by atoms with Gasteiger partial charge in [0.25, 0.3) is 0 Å². The molecular formula is C14H17Cl2N3O2. The fraction of sp³-hybridized carbons (Fsp3) is 0.357. The zero-order valence-electron chi connectivity index (χ0n) is 11.9. The van der Waals surface area contributed by atoms with E-state index >= 15 is 0 Å². The van der Waals surface area contributed by atoms with Gasteiger partial charge in [0.2, 0.25) is 11.8 Å². The van der Waals surface area contributed by atoms with Crippen LogP contribution in [0, 0.1) is 0 Å². The minimum atomic E-state index is -0.305. The number of hydrazone groups is 1. The molecule has 1 rings (SSSR count). The van der Waals surface area contributed by atoms with Gasteiger partial charge in [0.05, 0.1) is 10.7 Å². The van der Waals surface area contributed by atoms with Crippen molar-refractivity contribution >= 4 is 46.4 Å².